The Morgan fingerprint density at radius 2 is 2.40 bits per heavy atom. The number of ether oxygens (including phenoxy) is 1. The molecule has 1 aromatic heterocycles. The molecule has 0 saturated heterocycles. The van der Waals surface area contributed by atoms with Crippen LogP contribution in [0.15, 0.2) is 12.3 Å². The van der Waals surface area contributed by atoms with E-state index < -0.39 is 6.09 Å². The van der Waals surface area contributed by atoms with Crippen molar-refractivity contribution in [2.75, 3.05) is 24.2 Å². The van der Waals surface area contributed by atoms with Crippen molar-refractivity contribution in [2.24, 2.45) is 5.73 Å². The number of nitrogens with two attached hydrogens (primary N) is 2. The molecule has 0 saturated carbocycles. The minimum absolute atomic E-state index is 0.185. The number of rotatable bonds is 4. The van der Waals surface area contributed by atoms with Gasteiger partial charge in [0, 0.05) is 6.20 Å². The second-order valence-corrected chi connectivity index (χ2v) is 3.04. The van der Waals surface area contributed by atoms with E-state index in [0.717, 1.165) is 5.56 Å². The highest BCUT2D eigenvalue weighted by molar-refractivity contribution is 5.64. The fourth-order valence-corrected chi connectivity index (χ4v) is 1.06. The molecule has 0 unspecified atom stereocenters. The molecule has 5 N–H and O–H groups in total. The first-order chi connectivity index (χ1) is 7.09. The normalized spacial score (nSPS) is 9.67. The number of primary amides is 1. The molecule has 0 aliphatic carbocycles. The molecule has 1 rings (SSSR count). The average Bonchev–Trinajstić information content (AvgIpc) is 2.14. The number of hydrogen-bond acceptors (Lipinski definition) is 5. The van der Waals surface area contributed by atoms with Gasteiger partial charge in [0.1, 0.15) is 12.4 Å². The summed E-state index contributed by atoms with van der Waals surface area (Å²) >= 11 is 0. The highest BCUT2D eigenvalue weighted by Crippen LogP contribution is 2.14. The third-order valence-corrected chi connectivity index (χ3v) is 1.69. The molecule has 0 fully saturated rings. The van der Waals surface area contributed by atoms with E-state index in [4.69, 9.17) is 11.5 Å². The van der Waals surface area contributed by atoms with Gasteiger partial charge < -0.3 is 21.5 Å². The van der Waals surface area contributed by atoms with Gasteiger partial charge in [0.05, 0.1) is 12.2 Å². The molecule has 15 heavy (non-hydrogen) atoms. The molecule has 82 valence electrons. The van der Waals surface area contributed by atoms with E-state index in [-0.39, 0.29) is 6.61 Å². The first-order valence-corrected chi connectivity index (χ1v) is 4.48. The highest BCUT2D eigenvalue weighted by atomic mass is 16.5. The molecule has 1 aromatic rings. The Labute approximate surface area is 87.6 Å². The summed E-state index contributed by atoms with van der Waals surface area (Å²) < 4.78 is 4.53. The Balaban J connectivity index is 2.40. The molecular formula is C9H14N4O2. The van der Waals surface area contributed by atoms with E-state index in [0.29, 0.717) is 18.1 Å². The van der Waals surface area contributed by atoms with Gasteiger partial charge in [-0.3, -0.25) is 0 Å². The number of aryl methyl sites for hydroxylation is 1. The number of pyridine rings is 1. The summed E-state index contributed by atoms with van der Waals surface area (Å²) in [5, 5.41) is 2.93. The summed E-state index contributed by atoms with van der Waals surface area (Å²) in [6.45, 7) is 2.51. The van der Waals surface area contributed by atoms with Crippen LogP contribution in [0.5, 0.6) is 0 Å². The fraction of sp³-hybridized carbons (Fsp3) is 0.333. The zero-order valence-corrected chi connectivity index (χ0v) is 8.49. The molecule has 0 aromatic carbocycles. The van der Waals surface area contributed by atoms with Crippen molar-refractivity contribution in [3.05, 3.63) is 17.8 Å². The standard InChI is InChI=1S/C9H14N4O2/c1-6-4-7(10)8(13-5-6)12-2-3-15-9(11)14/h4-5H,2-3,10H2,1H3,(H2,11,14)(H,12,13). The number of nitrogens with zero attached hydrogens (tertiary/aromatic N) is 1. The summed E-state index contributed by atoms with van der Waals surface area (Å²) in [4.78, 5) is 14.3. The summed E-state index contributed by atoms with van der Waals surface area (Å²) in [7, 11) is 0. The lowest BCUT2D eigenvalue weighted by molar-refractivity contribution is 0.161. The van der Waals surface area contributed by atoms with Crippen molar-refractivity contribution in [3.8, 4) is 0 Å². The second kappa shape index (κ2) is 5.04. The molecule has 6 heteroatoms. The van der Waals surface area contributed by atoms with Gasteiger partial charge in [-0.15, -0.1) is 0 Å². The number of anilines is 2. The Morgan fingerprint density at radius 1 is 1.67 bits per heavy atom. The van der Waals surface area contributed by atoms with Gasteiger partial charge in [-0.05, 0) is 18.6 Å². The monoisotopic (exact) mass is 210 g/mol. The minimum Gasteiger partial charge on any atom is -0.448 e. The molecular weight excluding hydrogens is 196 g/mol. The van der Waals surface area contributed by atoms with Gasteiger partial charge in [-0.1, -0.05) is 0 Å². The highest BCUT2D eigenvalue weighted by Gasteiger charge is 2.00. The minimum atomic E-state index is -0.790. The van der Waals surface area contributed by atoms with E-state index in [2.05, 4.69) is 15.0 Å². The van der Waals surface area contributed by atoms with Crippen molar-refractivity contribution >= 4 is 17.6 Å². The predicted molar refractivity (Wildman–Crippen MR) is 57.4 cm³/mol. The van der Waals surface area contributed by atoms with Crippen molar-refractivity contribution < 1.29 is 9.53 Å². The smallest absolute Gasteiger partial charge is 0.404 e. The van der Waals surface area contributed by atoms with Gasteiger partial charge in [0.2, 0.25) is 0 Å². The van der Waals surface area contributed by atoms with Crippen molar-refractivity contribution in [2.45, 2.75) is 6.92 Å². The molecule has 0 radical (unpaired) electrons. The summed E-state index contributed by atoms with van der Waals surface area (Å²) in [6, 6.07) is 1.81. The van der Waals surface area contributed by atoms with Crippen molar-refractivity contribution in [1.82, 2.24) is 4.98 Å². The molecule has 0 bridgehead atoms. The maximum Gasteiger partial charge on any atom is 0.404 e. The number of carbonyl (C=O) groups excluding carboxylic acids is 1. The van der Waals surface area contributed by atoms with Crippen molar-refractivity contribution in [1.29, 1.82) is 0 Å². The first-order valence-electron chi connectivity index (χ1n) is 4.48. The lowest BCUT2D eigenvalue weighted by Gasteiger charge is -2.08. The molecule has 1 amide bonds. The number of nitrogens with one attached hydrogen (secondary N) is 1. The maximum atomic E-state index is 10.3. The summed E-state index contributed by atoms with van der Waals surface area (Å²) in [6.07, 6.45) is 0.912. The molecule has 0 atom stereocenters. The Hall–Kier alpha value is -1.98. The summed E-state index contributed by atoms with van der Waals surface area (Å²) in [5.74, 6) is 0.577. The molecule has 0 spiro atoms. The third kappa shape index (κ3) is 3.72. The number of hydrogen-bond donors (Lipinski definition) is 3. The van der Waals surface area contributed by atoms with Gasteiger partial charge in [-0.25, -0.2) is 9.78 Å². The molecule has 0 aliphatic heterocycles. The zero-order chi connectivity index (χ0) is 11.3. The lowest BCUT2D eigenvalue weighted by Crippen LogP contribution is -2.19. The number of aromatic nitrogens is 1. The fourth-order valence-electron chi connectivity index (χ4n) is 1.06. The van der Waals surface area contributed by atoms with E-state index in [1.54, 1.807) is 6.20 Å². The average molecular weight is 210 g/mol. The van der Waals surface area contributed by atoms with Crippen LogP contribution in [-0.2, 0) is 4.74 Å². The lowest BCUT2D eigenvalue weighted by atomic mass is 10.3. The largest absolute Gasteiger partial charge is 0.448 e. The first kappa shape index (κ1) is 11.1. The van der Waals surface area contributed by atoms with Crippen LogP contribution in [-0.4, -0.2) is 24.2 Å². The number of nitrogen functional groups attached to an aromatic ring is 1. The third-order valence-electron chi connectivity index (χ3n) is 1.69. The molecule has 1 heterocycles. The molecule has 0 aliphatic rings. The second-order valence-electron chi connectivity index (χ2n) is 3.04. The number of amides is 1. The quantitative estimate of drug-likeness (QED) is 0.627. The topological polar surface area (TPSA) is 103 Å². The van der Waals surface area contributed by atoms with Crippen LogP contribution >= 0.6 is 0 Å². The van der Waals surface area contributed by atoms with E-state index in [9.17, 15) is 4.79 Å². The predicted octanol–water partition coefficient (Wildman–Crippen LogP) is 0.479. The van der Waals surface area contributed by atoms with Crippen LogP contribution < -0.4 is 16.8 Å². The Morgan fingerprint density at radius 3 is 3.00 bits per heavy atom. The SMILES string of the molecule is Cc1cnc(NCCOC(N)=O)c(N)c1. The van der Waals surface area contributed by atoms with Crippen LogP contribution in [0.4, 0.5) is 16.3 Å². The van der Waals surface area contributed by atoms with E-state index in [1.807, 2.05) is 13.0 Å². The van der Waals surface area contributed by atoms with E-state index >= 15 is 0 Å². The van der Waals surface area contributed by atoms with Gasteiger partial charge in [-0.2, -0.15) is 0 Å². The van der Waals surface area contributed by atoms with E-state index in [1.165, 1.54) is 0 Å². The molecule has 6 nitrogen and oxygen atoms in total. The summed E-state index contributed by atoms with van der Waals surface area (Å²) in [5.41, 5.74) is 12.1. The van der Waals surface area contributed by atoms with Crippen LogP contribution in [0.25, 0.3) is 0 Å². The zero-order valence-electron chi connectivity index (χ0n) is 8.49. The van der Waals surface area contributed by atoms with Crippen molar-refractivity contribution in [3.63, 3.8) is 0 Å². The van der Waals surface area contributed by atoms with Gasteiger partial charge in [0.25, 0.3) is 0 Å². The number of carbonyl (C=O) groups is 1. The van der Waals surface area contributed by atoms with Crippen LogP contribution in [0.2, 0.25) is 0 Å². The van der Waals surface area contributed by atoms with Crippen LogP contribution in [0.1, 0.15) is 5.56 Å². The Bertz CT molecular complexity index is 354. The van der Waals surface area contributed by atoms with Gasteiger partial charge >= 0.3 is 6.09 Å². The Kier molecular flexibility index (Phi) is 3.73. The van der Waals surface area contributed by atoms with Crippen LogP contribution in [0, 0.1) is 6.92 Å². The maximum absolute atomic E-state index is 10.3. The van der Waals surface area contributed by atoms with Gasteiger partial charge in [0.15, 0.2) is 0 Å². The van der Waals surface area contributed by atoms with Crippen LogP contribution in [0.3, 0.4) is 0 Å².